The van der Waals surface area contributed by atoms with Crippen molar-refractivity contribution in [3.63, 3.8) is 0 Å². The molecule has 0 saturated heterocycles. The summed E-state index contributed by atoms with van der Waals surface area (Å²) in [5, 5.41) is 8.96. The molecule has 0 bridgehead atoms. The van der Waals surface area contributed by atoms with Gasteiger partial charge in [0, 0.05) is 0 Å². The van der Waals surface area contributed by atoms with Crippen LogP contribution in [0.2, 0.25) is 0 Å². The Morgan fingerprint density at radius 2 is 1.61 bits per heavy atom. The van der Waals surface area contributed by atoms with Gasteiger partial charge in [0.15, 0.2) is 0 Å². The van der Waals surface area contributed by atoms with E-state index in [0.717, 1.165) is 12.2 Å². The zero-order valence-corrected chi connectivity index (χ0v) is 14.6. The lowest BCUT2D eigenvalue weighted by Crippen LogP contribution is -2.14. The van der Waals surface area contributed by atoms with Gasteiger partial charge in [0.25, 0.3) is 0 Å². The van der Waals surface area contributed by atoms with Crippen LogP contribution < -0.4 is 4.74 Å². The Hall–Kier alpha value is -1.06. The van der Waals surface area contributed by atoms with E-state index in [1.165, 1.54) is 50.5 Å². The van der Waals surface area contributed by atoms with E-state index in [0.29, 0.717) is 13.2 Å². The first-order valence-electron chi connectivity index (χ1n) is 9.03. The summed E-state index contributed by atoms with van der Waals surface area (Å²) in [5.41, 5.74) is 1.38. The molecule has 0 aliphatic rings. The summed E-state index contributed by atoms with van der Waals surface area (Å²) in [7, 11) is 0. The Morgan fingerprint density at radius 3 is 2.26 bits per heavy atom. The molecule has 3 nitrogen and oxygen atoms in total. The fourth-order valence-electron chi connectivity index (χ4n) is 2.48. The average molecular weight is 321 g/mol. The van der Waals surface area contributed by atoms with Gasteiger partial charge in [-0.25, -0.2) is 0 Å². The van der Waals surface area contributed by atoms with Crippen molar-refractivity contribution < 1.29 is 14.6 Å². The summed E-state index contributed by atoms with van der Waals surface area (Å²) in [4.78, 5) is 0. The number of aryl methyl sites for hydroxylation is 1. The minimum absolute atomic E-state index is 0.251. The predicted molar refractivity (Wildman–Crippen MR) is 95.8 cm³/mol. The Balaban J connectivity index is 2.06. The van der Waals surface area contributed by atoms with Gasteiger partial charge in [-0.15, -0.1) is 0 Å². The summed E-state index contributed by atoms with van der Waals surface area (Å²) < 4.78 is 10.8. The molecule has 1 radical (unpaired) electrons. The monoisotopic (exact) mass is 321 g/mol. The fourth-order valence-corrected chi connectivity index (χ4v) is 2.48. The van der Waals surface area contributed by atoms with Crippen LogP contribution in [0.25, 0.3) is 0 Å². The third kappa shape index (κ3) is 11.2. The standard InChI is InChI=1S/C20H33O3/c1-3-4-5-6-7-8-9-10-19-11-13-20(14-12-19)23-16-15-22-17-18(2)21/h11-14,18,21H,2-10,15-17H2,1H3. The molecular weight excluding hydrogens is 288 g/mol. The van der Waals surface area contributed by atoms with Gasteiger partial charge in [-0.2, -0.15) is 0 Å². The number of unbranched alkanes of at least 4 members (excludes halogenated alkanes) is 6. The lowest BCUT2D eigenvalue weighted by Gasteiger charge is -2.09. The molecule has 3 heteroatoms. The van der Waals surface area contributed by atoms with Crippen molar-refractivity contribution in [1.29, 1.82) is 0 Å². The topological polar surface area (TPSA) is 38.7 Å². The number of ether oxygens (including phenoxy) is 2. The van der Waals surface area contributed by atoms with Crippen molar-refractivity contribution in [2.24, 2.45) is 0 Å². The average Bonchev–Trinajstić information content (AvgIpc) is 2.55. The van der Waals surface area contributed by atoms with Crippen LogP contribution in [-0.4, -0.2) is 31.0 Å². The maximum Gasteiger partial charge on any atom is 0.119 e. The van der Waals surface area contributed by atoms with Gasteiger partial charge < -0.3 is 14.6 Å². The smallest absolute Gasteiger partial charge is 0.119 e. The summed E-state index contributed by atoms with van der Waals surface area (Å²) in [6.07, 6.45) is 9.92. The van der Waals surface area contributed by atoms with E-state index >= 15 is 0 Å². The molecule has 0 aliphatic heterocycles. The van der Waals surface area contributed by atoms with Crippen LogP contribution in [0.15, 0.2) is 24.3 Å². The number of rotatable bonds is 14. The molecule has 0 spiro atoms. The maximum atomic E-state index is 8.96. The lowest BCUT2D eigenvalue weighted by molar-refractivity contribution is 0.0431. The van der Waals surface area contributed by atoms with Crippen LogP contribution in [-0.2, 0) is 11.2 Å². The van der Waals surface area contributed by atoms with E-state index < -0.39 is 6.10 Å². The molecule has 23 heavy (non-hydrogen) atoms. The molecule has 0 heterocycles. The SMILES string of the molecule is [CH2]C(O)COCCOc1ccc(CCCCCCCCC)cc1. The third-order valence-electron chi connectivity index (χ3n) is 3.80. The molecule has 1 unspecified atom stereocenters. The Bertz CT molecular complexity index is 373. The number of aliphatic hydroxyl groups excluding tert-OH is 1. The number of aliphatic hydroxyl groups is 1. The first-order chi connectivity index (χ1) is 11.2. The maximum absolute atomic E-state index is 8.96. The molecule has 1 rings (SSSR count). The third-order valence-corrected chi connectivity index (χ3v) is 3.80. The van der Waals surface area contributed by atoms with Crippen LogP contribution >= 0.6 is 0 Å². The van der Waals surface area contributed by atoms with Crippen LogP contribution in [0.1, 0.15) is 57.4 Å². The highest BCUT2D eigenvalue weighted by atomic mass is 16.5. The summed E-state index contributed by atoms with van der Waals surface area (Å²) in [5.74, 6) is 0.868. The number of benzene rings is 1. The molecule has 0 aromatic heterocycles. The van der Waals surface area contributed by atoms with Gasteiger partial charge in [-0.05, 0) is 37.5 Å². The van der Waals surface area contributed by atoms with Gasteiger partial charge in [-0.3, -0.25) is 0 Å². The summed E-state index contributed by atoms with van der Waals surface area (Å²) in [6.45, 7) is 6.91. The second-order valence-corrected chi connectivity index (χ2v) is 6.09. The minimum atomic E-state index is -0.666. The quantitative estimate of drug-likeness (QED) is 0.510. The predicted octanol–water partition coefficient (Wildman–Crippen LogP) is 4.57. The number of hydrogen-bond acceptors (Lipinski definition) is 3. The molecular formula is C20H33O3. The van der Waals surface area contributed by atoms with Gasteiger partial charge in [-0.1, -0.05) is 57.6 Å². The van der Waals surface area contributed by atoms with Gasteiger partial charge in [0.05, 0.1) is 19.3 Å². The zero-order chi connectivity index (χ0) is 16.8. The molecule has 131 valence electrons. The Labute approximate surface area is 142 Å². The lowest BCUT2D eigenvalue weighted by atomic mass is 10.0. The van der Waals surface area contributed by atoms with E-state index in [1.807, 2.05) is 12.1 Å². The van der Waals surface area contributed by atoms with Crippen molar-refractivity contribution in [2.45, 2.75) is 64.4 Å². The van der Waals surface area contributed by atoms with E-state index in [-0.39, 0.29) is 6.61 Å². The van der Waals surface area contributed by atoms with Crippen molar-refractivity contribution in [3.8, 4) is 5.75 Å². The molecule has 1 aromatic rings. The Kier molecular flexibility index (Phi) is 11.6. The molecule has 0 amide bonds. The van der Waals surface area contributed by atoms with Gasteiger partial charge in [0.2, 0.25) is 0 Å². The van der Waals surface area contributed by atoms with Crippen molar-refractivity contribution in [2.75, 3.05) is 19.8 Å². The van der Waals surface area contributed by atoms with E-state index in [4.69, 9.17) is 14.6 Å². The van der Waals surface area contributed by atoms with Gasteiger partial charge in [0.1, 0.15) is 12.4 Å². The van der Waals surface area contributed by atoms with Crippen molar-refractivity contribution >= 4 is 0 Å². The molecule has 0 saturated carbocycles. The summed E-state index contributed by atoms with van der Waals surface area (Å²) >= 11 is 0. The van der Waals surface area contributed by atoms with Crippen LogP contribution in [0.5, 0.6) is 5.75 Å². The van der Waals surface area contributed by atoms with Crippen LogP contribution in [0, 0.1) is 6.92 Å². The molecule has 1 atom stereocenters. The van der Waals surface area contributed by atoms with Crippen LogP contribution in [0.4, 0.5) is 0 Å². The largest absolute Gasteiger partial charge is 0.491 e. The summed E-state index contributed by atoms with van der Waals surface area (Å²) in [6, 6.07) is 8.33. The Morgan fingerprint density at radius 1 is 0.957 bits per heavy atom. The van der Waals surface area contributed by atoms with Crippen LogP contribution in [0.3, 0.4) is 0 Å². The molecule has 1 aromatic carbocycles. The van der Waals surface area contributed by atoms with Gasteiger partial charge >= 0.3 is 0 Å². The molecule has 0 fully saturated rings. The minimum Gasteiger partial charge on any atom is -0.491 e. The van der Waals surface area contributed by atoms with E-state index in [1.54, 1.807) is 0 Å². The molecule has 1 N–H and O–H groups in total. The molecule has 0 aliphatic carbocycles. The first-order valence-corrected chi connectivity index (χ1v) is 9.03. The second-order valence-electron chi connectivity index (χ2n) is 6.09. The van der Waals surface area contributed by atoms with Crippen molar-refractivity contribution in [3.05, 3.63) is 36.8 Å². The van der Waals surface area contributed by atoms with E-state index in [9.17, 15) is 0 Å². The highest BCUT2D eigenvalue weighted by molar-refractivity contribution is 5.27. The second kappa shape index (κ2) is 13.4. The highest BCUT2D eigenvalue weighted by Crippen LogP contribution is 2.15. The number of hydrogen-bond donors (Lipinski definition) is 1. The first kappa shape index (κ1) is 20.0. The highest BCUT2D eigenvalue weighted by Gasteiger charge is 1.98. The fraction of sp³-hybridized carbons (Fsp3) is 0.650. The van der Waals surface area contributed by atoms with Crippen molar-refractivity contribution in [1.82, 2.24) is 0 Å². The zero-order valence-electron chi connectivity index (χ0n) is 14.6. The normalized spacial score (nSPS) is 12.3. The van der Waals surface area contributed by atoms with E-state index in [2.05, 4.69) is 26.0 Å².